The number of ether oxygens (including phenoxy) is 2. The molecule has 1 aliphatic rings. The van der Waals surface area contributed by atoms with Crippen LogP contribution in [0.15, 0.2) is 0 Å². The van der Waals surface area contributed by atoms with Crippen LogP contribution in [0, 0.1) is 6.79 Å². The Hall–Kier alpha value is 0.729. The summed E-state index contributed by atoms with van der Waals surface area (Å²) in [7, 11) is 0. The molecule has 0 spiro atoms. The first-order valence-electron chi connectivity index (χ1n) is 1.62. The zero-order chi connectivity index (χ0) is 4.41. The molecule has 0 aromatic carbocycles. The van der Waals surface area contributed by atoms with Gasteiger partial charge in [0, 0.05) is 0 Å². The maximum absolute atomic E-state index is 5.33. The van der Waals surface area contributed by atoms with E-state index in [0.717, 1.165) is 0 Å². The van der Waals surface area contributed by atoms with E-state index in [9.17, 15) is 0 Å². The van der Waals surface area contributed by atoms with E-state index in [1.807, 2.05) is 0 Å². The van der Waals surface area contributed by atoms with Crippen LogP contribution in [-0.2, 0) is 26.5 Å². The van der Waals surface area contributed by atoms with E-state index in [1.165, 1.54) is 6.79 Å². The molecule has 0 radical (unpaired) electrons. The van der Waals surface area contributed by atoms with Gasteiger partial charge in [-0.05, 0) is 0 Å². The summed E-state index contributed by atoms with van der Waals surface area (Å²) in [6.07, 6.45) is 0. The summed E-state index contributed by atoms with van der Waals surface area (Å²) in [4.78, 5) is 0. The van der Waals surface area contributed by atoms with Crippen molar-refractivity contribution in [2.75, 3.05) is 6.61 Å². The summed E-state index contributed by atoms with van der Waals surface area (Å²) >= 11 is 5.33. The van der Waals surface area contributed by atoms with Gasteiger partial charge in [-0.1, -0.05) is 18.4 Å². The van der Waals surface area contributed by atoms with E-state index in [4.69, 9.17) is 11.6 Å². The van der Waals surface area contributed by atoms with Crippen LogP contribution >= 0.6 is 11.6 Å². The molecule has 0 aliphatic carbocycles. The quantitative estimate of drug-likeness (QED) is 0.303. The summed E-state index contributed by atoms with van der Waals surface area (Å²) in [5, 5.41) is 0. The molecule has 1 saturated heterocycles. The average molecular weight is 171 g/mol. The monoisotopic (exact) mass is 170 g/mol. The Morgan fingerprint density at radius 1 is 1.71 bits per heavy atom. The standard InChI is InChI=1S/C3H4ClO2.Cu/c4-3-1-5-2-6-3;/h2-3H,1H2;/q-1;+1. The molecule has 0 N–H and O–H groups in total. The Bertz CT molecular complexity index is 46.2. The van der Waals surface area contributed by atoms with Gasteiger partial charge < -0.3 is 9.47 Å². The van der Waals surface area contributed by atoms with Crippen molar-refractivity contribution in [3.63, 3.8) is 0 Å². The Morgan fingerprint density at radius 2 is 2.43 bits per heavy atom. The van der Waals surface area contributed by atoms with Crippen LogP contribution in [0.3, 0.4) is 0 Å². The molecule has 1 atom stereocenters. The van der Waals surface area contributed by atoms with Crippen molar-refractivity contribution >= 4 is 11.6 Å². The van der Waals surface area contributed by atoms with Gasteiger partial charge in [-0.3, -0.25) is 0 Å². The van der Waals surface area contributed by atoms with Gasteiger partial charge >= 0.3 is 17.1 Å². The fourth-order valence-electron chi connectivity index (χ4n) is 0.254. The molecule has 1 rings (SSSR count). The third-order valence-electron chi connectivity index (χ3n) is 0.499. The van der Waals surface area contributed by atoms with Crippen molar-refractivity contribution in [2.45, 2.75) is 5.56 Å². The third-order valence-corrected chi connectivity index (χ3v) is 0.727. The molecule has 1 fully saturated rings. The molecule has 0 amide bonds. The summed E-state index contributed by atoms with van der Waals surface area (Å²) in [6.45, 7) is 1.72. The molecule has 2 nitrogen and oxygen atoms in total. The number of hydrogen-bond donors (Lipinski definition) is 0. The van der Waals surface area contributed by atoms with E-state index in [0.29, 0.717) is 6.61 Å². The predicted octanol–water partition coefficient (Wildman–Crippen LogP) is 0.715. The van der Waals surface area contributed by atoms with Crippen LogP contribution in [0.1, 0.15) is 0 Å². The van der Waals surface area contributed by atoms with E-state index < -0.39 is 0 Å². The van der Waals surface area contributed by atoms with Crippen LogP contribution in [-0.4, -0.2) is 12.2 Å². The third kappa shape index (κ3) is 2.52. The number of hydrogen-bond acceptors (Lipinski definition) is 2. The van der Waals surface area contributed by atoms with Crippen LogP contribution in [0.4, 0.5) is 0 Å². The van der Waals surface area contributed by atoms with Gasteiger partial charge in [-0.15, -0.1) is 0 Å². The van der Waals surface area contributed by atoms with Crippen molar-refractivity contribution in [3.05, 3.63) is 6.79 Å². The smallest absolute Gasteiger partial charge is 0.522 e. The minimum atomic E-state index is -0.259. The first-order valence-corrected chi connectivity index (χ1v) is 2.06. The zero-order valence-corrected chi connectivity index (χ0v) is 5.06. The number of halogens is 1. The molecule has 1 unspecified atom stereocenters. The largest absolute Gasteiger partial charge is 1.00 e. The van der Waals surface area contributed by atoms with Crippen molar-refractivity contribution in [3.8, 4) is 0 Å². The second-order valence-electron chi connectivity index (χ2n) is 0.976. The normalized spacial score (nSPS) is 29.6. The van der Waals surface area contributed by atoms with Gasteiger partial charge in [0.1, 0.15) is 5.56 Å². The molecule has 7 heavy (non-hydrogen) atoms. The van der Waals surface area contributed by atoms with Crippen LogP contribution in [0.5, 0.6) is 0 Å². The van der Waals surface area contributed by atoms with E-state index >= 15 is 0 Å². The maximum atomic E-state index is 5.33. The first kappa shape index (κ1) is 7.73. The Morgan fingerprint density at radius 3 is 2.57 bits per heavy atom. The van der Waals surface area contributed by atoms with Crippen molar-refractivity contribution in [2.24, 2.45) is 0 Å². The summed E-state index contributed by atoms with van der Waals surface area (Å²) in [5.74, 6) is 0. The minimum Gasteiger partial charge on any atom is -0.522 e. The minimum absolute atomic E-state index is 0. The van der Waals surface area contributed by atoms with Gasteiger partial charge in [-0.25, -0.2) is 0 Å². The zero-order valence-electron chi connectivity index (χ0n) is 3.36. The van der Waals surface area contributed by atoms with Gasteiger partial charge in [0.05, 0.1) is 6.61 Å². The van der Waals surface area contributed by atoms with Gasteiger partial charge in [0.25, 0.3) is 0 Å². The maximum Gasteiger partial charge on any atom is 1.00 e. The van der Waals surface area contributed by atoms with Crippen LogP contribution in [0.2, 0.25) is 0 Å². The van der Waals surface area contributed by atoms with E-state index in [-0.39, 0.29) is 22.6 Å². The average Bonchev–Trinajstić information content (AvgIpc) is 1.86. The fourth-order valence-corrected chi connectivity index (χ4v) is 0.369. The predicted molar refractivity (Wildman–Crippen MR) is 21.0 cm³/mol. The molecule has 1 aliphatic heterocycles. The Kier molecular flexibility index (Phi) is 4.08. The van der Waals surface area contributed by atoms with Crippen LogP contribution < -0.4 is 0 Å². The molecule has 0 saturated carbocycles. The molecule has 0 aromatic rings. The van der Waals surface area contributed by atoms with Gasteiger partial charge in [0.15, 0.2) is 0 Å². The van der Waals surface area contributed by atoms with Gasteiger partial charge in [-0.2, -0.15) is 0 Å². The summed E-state index contributed by atoms with van der Waals surface area (Å²) < 4.78 is 9.15. The molecule has 0 aromatic heterocycles. The van der Waals surface area contributed by atoms with E-state index in [1.54, 1.807) is 0 Å². The summed E-state index contributed by atoms with van der Waals surface area (Å²) in [6, 6.07) is 0. The second kappa shape index (κ2) is 3.70. The molecular formula is C3H4ClCuO2. The Balaban J connectivity index is 0.000000360. The number of rotatable bonds is 0. The van der Waals surface area contributed by atoms with E-state index in [2.05, 4.69) is 9.47 Å². The van der Waals surface area contributed by atoms with Crippen molar-refractivity contribution in [1.29, 1.82) is 0 Å². The molecular weight excluding hydrogens is 167 g/mol. The van der Waals surface area contributed by atoms with Crippen LogP contribution in [0.25, 0.3) is 0 Å². The fraction of sp³-hybridized carbons (Fsp3) is 0.667. The molecule has 0 bridgehead atoms. The van der Waals surface area contributed by atoms with Crippen molar-refractivity contribution < 1.29 is 26.5 Å². The summed E-state index contributed by atoms with van der Waals surface area (Å²) in [5.41, 5.74) is -0.259. The topological polar surface area (TPSA) is 18.5 Å². The second-order valence-corrected chi connectivity index (χ2v) is 1.46. The number of alkyl halides is 1. The molecule has 46 valence electrons. The van der Waals surface area contributed by atoms with Gasteiger partial charge in [0.2, 0.25) is 0 Å². The van der Waals surface area contributed by atoms with Crippen molar-refractivity contribution in [1.82, 2.24) is 0 Å². The first-order chi connectivity index (χ1) is 2.89. The Labute approximate surface area is 57.6 Å². The molecule has 1 heterocycles. The SMILES string of the molecule is ClC1CO[CH-]O1.[Cu+]. The molecule has 4 heteroatoms.